The minimum absolute atomic E-state index is 0.0633. The molecule has 0 saturated carbocycles. The van der Waals surface area contributed by atoms with Crippen molar-refractivity contribution >= 4 is 5.91 Å². The molecule has 8 nitrogen and oxygen atoms in total. The van der Waals surface area contributed by atoms with Gasteiger partial charge < -0.3 is 14.1 Å². The molecule has 1 amide bonds. The first-order valence-corrected chi connectivity index (χ1v) is 8.91. The molecule has 3 aromatic heterocycles. The highest BCUT2D eigenvalue weighted by Crippen LogP contribution is 2.25. The van der Waals surface area contributed by atoms with Crippen LogP contribution in [-0.2, 0) is 17.9 Å². The van der Waals surface area contributed by atoms with Crippen LogP contribution in [-0.4, -0.2) is 43.7 Å². The molecule has 0 N–H and O–H groups in total. The normalized spacial score (nSPS) is 16.3. The maximum atomic E-state index is 12.8. The zero-order valence-electron chi connectivity index (χ0n) is 15.1. The molecule has 4 heterocycles. The summed E-state index contributed by atoms with van der Waals surface area (Å²) >= 11 is 0. The SMILES string of the molecule is Cc1ncoc1C(=O)N1Cc2ccnn2C(CCOCc2ccncc2)C1. The first-order valence-electron chi connectivity index (χ1n) is 8.91. The second-order valence-electron chi connectivity index (χ2n) is 6.57. The minimum Gasteiger partial charge on any atom is -0.438 e. The molecule has 3 aromatic rings. The monoisotopic (exact) mass is 367 g/mol. The summed E-state index contributed by atoms with van der Waals surface area (Å²) in [6.45, 7) is 3.96. The van der Waals surface area contributed by atoms with Crippen molar-refractivity contribution in [3.8, 4) is 0 Å². The molecule has 140 valence electrons. The van der Waals surface area contributed by atoms with Crippen LogP contribution in [0, 0.1) is 6.92 Å². The number of hydrogen-bond donors (Lipinski definition) is 0. The molecular weight excluding hydrogens is 346 g/mol. The van der Waals surface area contributed by atoms with Crippen molar-refractivity contribution in [2.45, 2.75) is 32.5 Å². The molecule has 0 saturated heterocycles. The molecule has 1 aliphatic heterocycles. The number of nitrogens with zero attached hydrogens (tertiary/aromatic N) is 5. The molecule has 1 aliphatic rings. The average molecular weight is 367 g/mol. The summed E-state index contributed by atoms with van der Waals surface area (Å²) in [5, 5.41) is 4.43. The molecule has 0 aliphatic carbocycles. The van der Waals surface area contributed by atoms with Crippen molar-refractivity contribution in [1.29, 1.82) is 0 Å². The number of amides is 1. The molecule has 1 unspecified atom stereocenters. The summed E-state index contributed by atoms with van der Waals surface area (Å²) < 4.78 is 13.1. The number of pyridine rings is 1. The number of aromatic nitrogens is 4. The fraction of sp³-hybridized carbons (Fsp3) is 0.368. The topological polar surface area (TPSA) is 86.3 Å². The third-order valence-electron chi connectivity index (χ3n) is 4.72. The van der Waals surface area contributed by atoms with E-state index in [1.165, 1.54) is 6.39 Å². The van der Waals surface area contributed by atoms with Crippen molar-refractivity contribution in [2.75, 3.05) is 13.2 Å². The smallest absolute Gasteiger partial charge is 0.291 e. The van der Waals surface area contributed by atoms with Gasteiger partial charge in [-0.2, -0.15) is 5.10 Å². The van der Waals surface area contributed by atoms with E-state index in [4.69, 9.17) is 9.15 Å². The Morgan fingerprint density at radius 3 is 2.93 bits per heavy atom. The van der Waals surface area contributed by atoms with E-state index in [-0.39, 0.29) is 11.9 Å². The zero-order chi connectivity index (χ0) is 18.6. The molecule has 4 rings (SSSR count). The quantitative estimate of drug-likeness (QED) is 0.622. The van der Waals surface area contributed by atoms with Gasteiger partial charge in [-0.15, -0.1) is 0 Å². The maximum Gasteiger partial charge on any atom is 0.291 e. The lowest BCUT2D eigenvalue weighted by Gasteiger charge is -2.33. The number of hydrogen-bond acceptors (Lipinski definition) is 6. The Kier molecular flexibility index (Phi) is 4.97. The molecular formula is C19H21N5O3. The molecule has 27 heavy (non-hydrogen) atoms. The van der Waals surface area contributed by atoms with Gasteiger partial charge in [-0.05, 0) is 37.1 Å². The second kappa shape index (κ2) is 7.71. The lowest BCUT2D eigenvalue weighted by molar-refractivity contribution is 0.0576. The maximum absolute atomic E-state index is 12.8. The Hall–Kier alpha value is -3.00. The van der Waals surface area contributed by atoms with Crippen molar-refractivity contribution < 1.29 is 13.9 Å². The van der Waals surface area contributed by atoms with Crippen molar-refractivity contribution in [3.05, 3.63) is 65.9 Å². The highest BCUT2D eigenvalue weighted by Gasteiger charge is 2.31. The van der Waals surface area contributed by atoms with Crippen LogP contribution in [0.1, 0.15) is 40.0 Å². The van der Waals surface area contributed by atoms with Crippen molar-refractivity contribution in [1.82, 2.24) is 24.6 Å². The number of fused-ring (bicyclic) bond motifs is 1. The van der Waals surface area contributed by atoms with Gasteiger partial charge in [0.2, 0.25) is 5.76 Å². The fourth-order valence-corrected chi connectivity index (χ4v) is 3.29. The summed E-state index contributed by atoms with van der Waals surface area (Å²) in [7, 11) is 0. The van der Waals surface area contributed by atoms with E-state index in [1.54, 1.807) is 30.4 Å². The first kappa shape index (κ1) is 17.4. The molecule has 1 atom stereocenters. The van der Waals surface area contributed by atoms with Crippen LogP contribution in [0.5, 0.6) is 0 Å². The predicted molar refractivity (Wildman–Crippen MR) is 95.8 cm³/mol. The van der Waals surface area contributed by atoms with Gasteiger partial charge in [-0.25, -0.2) is 4.98 Å². The lowest BCUT2D eigenvalue weighted by atomic mass is 10.1. The Labute approximate surface area is 156 Å². The highest BCUT2D eigenvalue weighted by atomic mass is 16.5. The number of carbonyl (C=O) groups excluding carboxylic acids is 1. The van der Waals surface area contributed by atoms with Crippen molar-refractivity contribution in [3.63, 3.8) is 0 Å². The van der Waals surface area contributed by atoms with E-state index in [2.05, 4.69) is 15.1 Å². The van der Waals surface area contributed by atoms with Gasteiger partial charge in [0.1, 0.15) is 0 Å². The fourth-order valence-electron chi connectivity index (χ4n) is 3.29. The number of aryl methyl sites for hydroxylation is 1. The zero-order valence-corrected chi connectivity index (χ0v) is 15.1. The van der Waals surface area contributed by atoms with Crippen LogP contribution >= 0.6 is 0 Å². The lowest BCUT2D eigenvalue weighted by Crippen LogP contribution is -2.41. The van der Waals surface area contributed by atoms with Gasteiger partial charge in [0.25, 0.3) is 5.91 Å². The Balaban J connectivity index is 1.40. The van der Waals surface area contributed by atoms with Crippen LogP contribution in [0.2, 0.25) is 0 Å². The van der Waals surface area contributed by atoms with E-state index >= 15 is 0 Å². The summed E-state index contributed by atoms with van der Waals surface area (Å²) in [4.78, 5) is 22.6. The minimum atomic E-state index is -0.139. The van der Waals surface area contributed by atoms with Gasteiger partial charge >= 0.3 is 0 Å². The summed E-state index contributed by atoms with van der Waals surface area (Å²) in [6, 6.07) is 5.88. The number of oxazole rings is 1. The van der Waals surface area contributed by atoms with E-state index in [0.29, 0.717) is 37.8 Å². The summed E-state index contributed by atoms with van der Waals surface area (Å²) in [5.41, 5.74) is 2.70. The van der Waals surface area contributed by atoms with Crippen molar-refractivity contribution in [2.24, 2.45) is 0 Å². The van der Waals surface area contributed by atoms with Gasteiger partial charge in [0.15, 0.2) is 6.39 Å². The Morgan fingerprint density at radius 1 is 1.30 bits per heavy atom. The van der Waals surface area contributed by atoms with Gasteiger partial charge in [0, 0.05) is 31.7 Å². The van der Waals surface area contributed by atoms with E-state index < -0.39 is 0 Å². The van der Waals surface area contributed by atoms with Crippen LogP contribution < -0.4 is 0 Å². The summed E-state index contributed by atoms with van der Waals surface area (Å²) in [6.07, 6.45) is 7.35. The predicted octanol–water partition coefficient (Wildman–Crippen LogP) is 2.38. The van der Waals surface area contributed by atoms with Crippen LogP contribution in [0.15, 0.2) is 47.6 Å². The number of carbonyl (C=O) groups is 1. The number of ether oxygens (including phenoxy) is 1. The van der Waals surface area contributed by atoms with Gasteiger partial charge in [0.05, 0.1) is 30.6 Å². The number of rotatable bonds is 6. The third-order valence-corrected chi connectivity index (χ3v) is 4.72. The molecule has 0 aromatic carbocycles. The molecule has 0 fully saturated rings. The Bertz CT molecular complexity index is 905. The van der Waals surface area contributed by atoms with E-state index in [9.17, 15) is 4.79 Å². The Morgan fingerprint density at radius 2 is 2.15 bits per heavy atom. The molecule has 8 heteroatoms. The molecule has 0 spiro atoms. The molecule has 0 radical (unpaired) electrons. The van der Waals surface area contributed by atoms with E-state index in [0.717, 1.165) is 17.7 Å². The highest BCUT2D eigenvalue weighted by molar-refractivity contribution is 5.92. The average Bonchev–Trinajstić information content (AvgIpc) is 3.34. The van der Waals surface area contributed by atoms with Crippen LogP contribution in [0.4, 0.5) is 0 Å². The standard InChI is InChI=1S/C19H21N5O3/c1-14-18(27-13-21-14)19(25)23-10-16-4-8-22-24(16)17(11-23)5-9-26-12-15-2-6-20-7-3-15/h2-4,6-8,13,17H,5,9-12H2,1H3. The summed E-state index contributed by atoms with van der Waals surface area (Å²) in [5.74, 6) is 0.163. The van der Waals surface area contributed by atoms with E-state index in [1.807, 2.05) is 22.9 Å². The molecule has 0 bridgehead atoms. The first-order chi connectivity index (χ1) is 13.2. The van der Waals surface area contributed by atoms with Crippen LogP contribution in [0.25, 0.3) is 0 Å². The second-order valence-corrected chi connectivity index (χ2v) is 6.57. The third kappa shape index (κ3) is 3.75. The van der Waals surface area contributed by atoms with Gasteiger partial charge in [-0.3, -0.25) is 14.5 Å². The van der Waals surface area contributed by atoms with Crippen LogP contribution in [0.3, 0.4) is 0 Å². The van der Waals surface area contributed by atoms with Gasteiger partial charge in [-0.1, -0.05) is 0 Å². The largest absolute Gasteiger partial charge is 0.438 e.